The van der Waals surface area contributed by atoms with Crippen molar-refractivity contribution in [2.24, 2.45) is 0 Å². The summed E-state index contributed by atoms with van der Waals surface area (Å²) in [5.41, 5.74) is 9.96. The molecule has 0 saturated carbocycles. The summed E-state index contributed by atoms with van der Waals surface area (Å²) in [6.45, 7) is 41.1. The fourth-order valence-electron chi connectivity index (χ4n) is 10.3. The maximum absolute atomic E-state index is 10.2. The zero-order valence-corrected chi connectivity index (χ0v) is 75.8. The zero-order valence-electron chi connectivity index (χ0n) is 74.9. The molecule has 6 nitrogen and oxygen atoms in total. The maximum atomic E-state index is 10.2. The monoisotopic (exact) mass is 1660 g/mol. The molecule has 0 aliphatic rings. The molecule has 3 N–H and O–H groups in total. The van der Waals surface area contributed by atoms with E-state index in [1.165, 1.54) is 104 Å². The summed E-state index contributed by atoms with van der Waals surface area (Å²) < 4.78 is 0. The highest BCUT2D eigenvalue weighted by atomic mass is 32.1. The number of hydrogen-bond acceptors (Lipinski definition) is 4. The van der Waals surface area contributed by atoms with Gasteiger partial charge in [0, 0.05) is 16.2 Å². The number of aromatic nitrogens is 3. The highest BCUT2D eigenvalue weighted by Gasteiger charge is 2.24. The lowest BCUT2D eigenvalue weighted by Gasteiger charge is -2.25. The van der Waals surface area contributed by atoms with E-state index in [1.807, 2.05) is 91.0 Å². The van der Waals surface area contributed by atoms with Crippen molar-refractivity contribution in [2.45, 2.75) is 210 Å². The molecule has 15 aromatic rings. The number of hydrogen-bond donors (Lipinski definition) is 4. The third kappa shape index (κ3) is 55.2. The van der Waals surface area contributed by atoms with E-state index in [0.717, 1.165) is 0 Å². The van der Waals surface area contributed by atoms with Crippen LogP contribution in [0.25, 0.3) is 21.5 Å². The second kappa shape index (κ2) is 76.7. The SMILES string of the molecule is C.C.C.C.CC(C)(c1ccccc1)c1ccccc1.CC(C)(c1ccccc1)c1ccccc1.CC(C)(c1ccccc1)c1ccccc1.CCC.CCC.CCC.CCC.CCC.CS.Cc1ccccc1.Cc1ccccc1.Cc1ccccc1.O=c1[nH]c(=O)[nH]c(=O)[nH]1.c1ccc2ccccc2c1.c1ccc2ccccc2c1.c1ccccc1. The third-order valence-electron chi connectivity index (χ3n) is 16.5. The Morgan fingerprint density at radius 2 is 0.279 bits per heavy atom. The molecule has 0 fully saturated rings. The number of thiol groups is 1. The molecule has 656 valence electrons. The summed E-state index contributed by atoms with van der Waals surface area (Å²) in [6, 6.07) is 140. The van der Waals surface area contributed by atoms with E-state index in [1.54, 1.807) is 21.2 Å². The highest BCUT2D eigenvalue weighted by molar-refractivity contribution is 7.79. The first-order valence-electron chi connectivity index (χ1n) is 41.6. The highest BCUT2D eigenvalue weighted by Crippen LogP contribution is 2.33. The molecule has 0 unspecified atom stereocenters. The first-order chi connectivity index (χ1) is 57.0. The van der Waals surface area contributed by atoms with Gasteiger partial charge in [-0.05, 0) is 82.0 Å². The van der Waals surface area contributed by atoms with Gasteiger partial charge in [0.2, 0.25) is 0 Å². The minimum atomic E-state index is -0.802. The molecule has 7 heteroatoms. The molecule has 0 atom stereocenters. The molecule has 0 aliphatic heterocycles. The minimum Gasteiger partial charge on any atom is -0.259 e. The van der Waals surface area contributed by atoms with E-state index in [9.17, 15) is 14.4 Å². The largest absolute Gasteiger partial charge is 0.330 e. The molecular formula is C115H157N3O3S. The van der Waals surface area contributed by atoms with Crippen LogP contribution in [0.1, 0.15) is 223 Å². The van der Waals surface area contributed by atoms with Gasteiger partial charge in [-0.25, -0.2) is 14.4 Å². The van der Waals surface area contributed by atoms with Crippen LogP contribution in [-0.2, 0) is 16.2 Å². The fraction of sp³-hybridized carbons (Fsp3) is 0.278. The van der Waals surface area contributed by atoms with Crippen molar-refractivity contribution in [3.63, 3.8) is 0 Å². The van der Waals surface area contributed by atoms with Gasteiger partial charge in [0.15, 0.2) is 0 Å². The van der Waals surface area contributed by atoms with Crippen LogP contribution in [-0.4, -0.2) is 21.2 Å². The van der Waals surface area contributed by atoms with Crippen LogP contribution in [0.4, 0.5) is 0 Å². The lowest BCUT2D eigenvalue weighted by Crippen LogP contribution is -2.34. The molecule has 0 amide bonds. The van der Waals surface area contributed by atoms with Crippen LogP contribution < -0.4 is 17.1 Å². The van der Waals surface area contributed by atoms with Gasteiger partial charge in [-0.15, -0.1) is 0 Å². The van der Waals surface area contributed by atoms with Gasteiger partial charge in [-0.1, -0.05) is 596 Å². The van der Waals surface area contributed by atoms with E-state index in [2.05, 4.69) is 460 Å². The number of aromatic amines is 3. The number of fused-ring (bicyclic) bond motifs is 2. The summed E-state index contributed by atoms with van der Waals surface area (Å²) in [4.78, 5) is 35.9. The molecule has 14 aromatic carbocycles. The Morgan fingerprint density at radius 1 is 0.189 bits per heavy atom. The average molecular weight is 1660 g/mol. The molecule has 0 spiro atoms. The molecule has 0 bridgehead atoms. The standard InChI is InChI=1S/3C15H16.2C10H8.3C7H8.C6H6.C3H3N3O3.5C3H8.CH4S.4CH4/c3*1-15(2,13-9-5-3-6-10-13)14-11-7-4-8-12-14;2*1-2-6-10-8-4-3-7-9(10)5-1;3*1-7-5-3-2-4-6-7;1-2-4-6-5-3-1;7-1-4-2(8)6-3(9)5-1;5*1-3-2;1-2;;;;/h3*3-12H,1-2H3;2*1-8H;3*2-6H,1H3;1-6H;(H3,4,5,6,7,8,9);5*3H2,1-2H3;2H,1H3;4*1H4. The number of nitrogens with one attached hydrogen (secondary N) is 3. The van der Waals surface area contributed by atoms with Crippen LogP contribution in [0.15, 0.2) is 421 Å². The fourth-order valence-corrected chi connectivity index (χ4v) is 10.3. The van der Waals surface area contributed by atoms with Crippen molar-refractivity contribution in [1.82, 2.24) is 15.0 Å². The Balaban J connectivity index is -0.000000410. The van der Waals surface area contributed by atoms with Crippen molar-refractivity contribution in [2.75, 3.05) is 6.26 Å². The second-order valence-electron chi connectivity index (χ2n) is 28.8. The predicted octanol–water partition coefficient (Wildman–Crippen LogP) is 33.3. The maximum Gasteiger partial charge on any atom is 0.330 e. The smallest absolute Gasteiger partial charge is 0.259 e. The summed E-state index contributed by atoms with van der Waals surface area (Å²) in [5.74, 6) is 0. The first-order valence-corrected chi connectivity index (χ1v) is 42.5. The van der Waals surface area contributed by atoms with Gasteiger partial charge in [0.25, 0.3) is 0 Å². The Bertz CT molecular complexity index is 4150. The normalized spacial score (nSPS) is 9.19. The van der Waals surface area contributed by atoms with Crippen LogP contribution >= 0.6 is 12.6 Å². The van der Waals surface area contributed by atoms with Gasteiger partial charge < -0.3 is 0 Å². The first kappa shape index (κ1) is 119. The van der Waals surface area contributed by atoms with Crippen molar-refractivity contribution in [1.29, 1.82) is 0 Å². The lowest BCUT2D eigenvalue weighted by atomic mass is 9.78. The molecule has 122 heavy (non-hydrogen) atoms. The van der Waals surface area contributed by atoms with Crippen molar-refractivity contribution in [3.8, 4) is 0 Å². The number of aryl methyl sites for hydroxylation is 3. The van der Waals surface area contributed by atoms with Gasteiger partial charge >= 0.3 is 17.1 Å². The van der Waals surface area contributed by atoms with Crippen LogP contribution in [0.2, 0.25) is 0 Å². The zero-order chi connectivity index (χ0) is 87.8. The van der Waals surface area contributed by atoms with E-state index >= 15 is 0 Å². The Labute approximate surface area is 748 Å². The summed E-state index contributed by atoms with van der Waals surface area (Å²) in [7, 11) is 0. The Morgan fingerprint density at radius 3 is 0.377 bits per heavy atom. The van der Waals surface area contributed by atoms with E-state index < -0.39 is 17.1 Å². The van der Waals surface area contributed by atoms with Gasteiger partial charge in [-0.2, -0.15) is 12.6 Å². The van der Waals surface area contributed by atoms with E-state index in [0.29, 0.717) is 0 Å². The van der Waals surface area contributed by atoms with E-state index in [-0.39, 0.29) is 46.0 Å². The summed E-state index contributed by atoms with van der Waals surface area (Å²) in [5, 5.41) is 5.24. The second-order valence-corrected chi connectivity index (χ2v) is 28.8. The summed E-state index contributed by atoms with van der Waals surface area (Å²) in [6.07, 6.45) is 7.94. The molecule has 1 heterocycles. The van der Waals surface area contributed by atoms with Gasteiger partial charge in [-0.3, -0.25) is 15.0 Å². The predicted molar refractivity (Wildman–Crippen MR) is 553 cm³/mol. The van der Waals surface area contributed by atoms with Crippen molar-refractivity contribution < 1.29 is 0 Å². The van der Waals surface area contributed by atoms with E-state index in [4.69, 9.17) is 0 Å². The third-order valence-corrected chi connectivity index (χ3v) is 16.5. The van der Waals surface area contributed by atoms with Crippen LogP contribution in [0.3, 0.4) is 0 Å². The minimum absolute atomic E-state index is 0. The molecule has 0 saturated heterocycles. The molecule has 0 aliphatic carbocycles. The Hall–Kier alpha value is -11.6. The van der Waals surface area contributed by atoms with Gasteiger partial charge in [0.1, 0.15) is 0 Å². The molecule has 1 aromatic heterocycles. The Kier molecular flexibility index (Phi) is 74.8. The van der Waals surface area contributed by atoms with Crippen molar-refractivity contribution >= 4 is 34.2 Å². The van der Waals surface area contributed by atoms with Gasteiger partial charge in [0.05, 0.1) is 0 Å². The van der Waals surface area contributed by atoms with Crippen LogP contribution in [0, 0.1) is 20.8 Å². The topological polar surface area (TPSA) is 98.6 Å². The quantitative estimate of drug-likeness (QED) is 0.125. The average Bonchev–Trinajstić information content (AvgIpc) is 0.822. The molecule has 15 rings (SSSR count). The molecular weight excluding hydrogens is 1500 g/mol. The summed E-state index contributed by atoms with van der Waals surface area (Å²) >= 11 is 3.53. The molecule has 0 radical (unpaired) electrons. The number of rotatable bonds is 6. The van der Waals surface area contributed by atoms with Crippen LogP contribution in [0.5, 0.6) is 0 Å². The number of benzene rings is 14. The van der Waals surface area contributed by atoms with Crippen molar-refractivity contribution in [3.05, 3.63) is 488 Å². The lowest BCUT2D eigenvalue weighted by molar-refractivity contribution is 0.641. The number of H-pyrrole nitrogens is 3.